The summed E-state index contributed by atoms with van der Waals surface area (Å²) in [6.45, 7) is 0. The lowest BCUT2D eigenvalue weighted by atomic mass is 10.1. The average molecular weight is 335 g/mol. The van der Waals surface area contributed by atoms with Crippen molar-refractivity contribution >= 4 is 21.8 Å². The van der Waals surface area contributed by atoms with E-state index in [0.29, 0.717) is 17.7 Å². The van der Waals surface area contributed by atoms with Crippen LogP contribution in [0.15, 0.2) is 54.6 Å². The lowest BCUT2D eigenvalue weighted by molar-refractivity contribution is -0.137. The van der Waals surface area contributed by atoms with Gasteiger partial charge in [0.1, 0.15) is 11.8 Å². The molecule has 2 rings (SSSR count). The fraction of sp³-hybridized carbons (Fsp3) is 0.188. The van der Waals surface area contributed by atoms with Crippen LogP contribution in [0.3, 0.4) is 0 Å². The van der Waals surface area contributed by atoms with Crippen LogP contribution in [0.4, 0.5) is 5.69 Å². The summed E-state index contributed by atoms with van der Waals surface area (Å²) in [5, 5.41) is 12.2. The van der Waals surface area contributed by atoms with Crippen LogP contribution in [0.1, 0.15) is 11.1 Å². The normalized spacial score (nSPS) is 12.6. The van der Waals surface area contributed by atoms with Crippen molar-refractivity contribution in [3.63, 3.8) is 0 Å². The second kappa shape index (κ2) is 7.26. The van der Waals surface area contributed by atoms with E-state index in [4.69, 9.17) is 4.55 Å². The summed E-state index contributed by atoms with van der Waals surface area (Å²) >= 11 is 0. The summed E-state index contributed by atoms with van der Waals surface area (Å²) in [6.07, 6.45) is 0.322. The molecule has 0 saturated heterocycles. The molecular formula is C16H17NO5S. The van der Waals surface area contributed by atoms with Gasteiger partial charge in [-0.1, -0.05) is 42.5 Å². The predicted octanol–water partition coefficient (Wildman–Crippen LogP) is 2.18. The monoisotopic (exact) mass is 335 g/mol. The predicted molar refractivity (Wildman–Crippen MR) is 86.9 cm³/mol. The van der Waals surface area contributed by atoms with Gasteiger partial charge in [0.25, 0.3) is 10.1 Å². The molecule has 1 atom stereocenters. The third kappa shape index (κ3) is 5.72. The van der Waals surface area contributed by atoms with Gasteiger partial charge >= 0.3 is 5.97 Å². The molecule has 2 aromatic rings. The molecule has 6 nitrogen and oxygen atoms in total. The zero-order chi connectivity index (χ0) is 16.9. The number of nitrogens with one attached hydrogen (secondary N) is 1. The van der Waals surface area contributed by atoms with Crippen LogP contribution in [-0.2, 0) is 27.1 Å². The van der Waals surface area contributed by atoms with Crippen molar-refractivity contribution in [2.24, 2.45) is 0 Å². The molecular weight excluding hydrogens is 318 g/mol. The highest BCUT2D eigenvalue weighted by atomic mass is 32.2. The molecule has 1 unspecified atom stereocenters. The lowest BCUT2D eigenvalue weighted by Gasteiger charge is -2.16. The number of hydrogen-bond donors (Lipinski definition) is 3. The molecule has 0 aliphatic heterocycles. The van der Waals surface area contributed by atoms with Crippen molar-refractivity contribution in [2.75, 3.05) is 5.32 Å². The SMILES string of the molecule is O=C(O)C(Cc1ccccc1)Nc1ccc(CS(=O)(=O)O)cc1. The second-order valence-corrected chi connectivity index (χ2v) is 6.60. The van der Waals surface area contributed by atoms with E-state index in [1.54, 1.807) is 12.1 Å². The van der Waals surface area contributed by atoms with Crippen LogP contribution in [0, 0.1) is 0 Å². The van der Waals surface area contributed by atoms with Crippen LogP contribution in [0.25, 0.3) is 0 Å². The highest BCUT2D eigenvalue weighted by Crippen LogP contribution is 2.14. The van der Waals surface area contributed by atoms with E-state index in [1.165, 1.54) is 12.1 Å². The van der Waals surface area contributed by atoms with Gasteiger partial charge in [0.05, 0.1) is 0 Å². The van der Waals surface area contributed by atoms with Crippen LogP contribution in [-0.4, -0.2) is 30.1 Å². The smallest absolute Gasteiger partial charge is 0.326 e. The van der Waals surface area contributed by atoms with Crippen LogP contribution >= 0.6 is 0 Å². The van der Waals surface area contributed by atoms with Gasteiger partial charge in [-0.15, -0.1) is 0 Å². The zero-order valence-corrected chi connectivity index (χ0v) is 13.0. The molecule has 0 saturated carbocycles. The van der Waals surface area contributed by atoms with Crippen LogP contribution in [0.2, 0.25) is 0 Å². The quantitative estimate of drug-likeness (QED) is 0.670. The molecule has 0 heterocycles. The Morgan fingerprint density at radius 2 is 1.61 bits per heavy atom. The highest BCUT2D eigenvalue weighted by molar-refractivity contribution is 7.85. The number of hydrogen-bond acceptors (Lipinski definition) is 4. The second-order valence-electron chi connectivity index (χ2n) is 5.15. The first-order chi connectivity index (χ1) is 10.8. The Kier molecular flexibility index (Phi) is 5.36. The zero-order valence-electron chi connectivity index (χ0n) is 12.2. The van der Waals surface area contributed by atoms with Gasteiger partial charge in [-0.25, -0.2) is 4.79 Å². The van der Waals surface area contributed by atoms with E-state index in [2.05, 4.69) is 5.32 Å². The fourth-order valence-electron chi connectivity index (χ4n) is 2.16. The highest BCUT2D eigenvalue weighted by Gasteiger charge is 2.17. The van der Waals surface area contributed by atoms with Gasteiger partial charge in [-0.3, -0.25) is 4.55 Å². The molecule has 0 amide bonds. The Morgan fingerprint density at radius 1 is 1.00 bits per heavy atom. The van der Waals surface area contributed by atoms with Crippen molar-refractivity contribution in [1.29, 1.82) is 0 Å². The molecule has 0 radical (unpaired) electrons. The average Bonchev–Trinajstić information content (AvgIpc) is 2.48. The van der Waals surface area contributed by atoms with E-state index in [0.717, 1.165) is 5.56 Å². The number of anilines is 1. The topological polar surface area (TPSA) is 104 Å². The molecule has 23 heavy (non-hydrogen) atoms. The van der Waals surface area contributed by atoms with Crippen molar-refractivity contribution in [3.8, 4) is 0 Å². The maximum atomic E-state index is 11.4. The number of rotatable bonds is 7. The van der Waals surface area contributed by atoms with Crippen molar-refractivity contribution in [3.05, 3.63) is 65.7 Å². The molecule has 0 aliphatic carbocycles. The fourth-order valence-corrected chi connectivity index (χ4v) is 2.77. The van der Waals surface area contributed by atoms with E-state index in [9.17, 15) is 18.3 Å². The van der Waals surface area contributed by atoms with Gasteiger partial charge in [0.15, 0.2) is 0 Å². The summed E-state index contributed by atoms with van der Waals surface area (Å²) in [5.41, 5.74) is 1.88. The van der Waals surface area contributed by atoms with E-state index >= 15 is 0 Å². The van der Waals surface area contributed by atoms with E-state index in [1.807, 2.05) is 30.3 Å². The number of benzene rings is 2. The molecule has 0 aromatic heterocycles. The molecule has 0 bridgehead atoms. The maximum absolute atomic E-state index is 11.4. The number of carbonyl (C=O) groups is 1. The minimum Gasteiger partial charge on any atom is -0.480 e. The Bertz CT molecular complexity index is 757. The molecule has 122 valence electrons. The maximum Gasteiger partial charge on any atom is 0.326 e. The Labute approximate surface area is 134 Å². The minimum atomic E-state index is -4.08. The van der Waals surface area contributed by atoms with Gasteiger partial charge in [-0.2, -0.15) is 8.42 Å². The summed E-state index contributed by atoms with van der Waals surface area (Å²) in [7, 11) is -4.08. The Hall–Kier alpha value is -2.38. The standard InChI is InChI=1S/C16H17NO5S/c18-16(19)15(10-12-4-2-1-3-5-12)17-14-8-6-13(7-9-14)11-23(20,21)22/h1-9,15,17H,10-11H2,(H,18,19)(H,20,21,22). The first kappa shape index (κ1) is 17.0. The van der Waals surface area contributed by atoms with E-state index in [-0.39, 0.29) is 0 Å². The Balaban J connectivity index is 2.07. The van der Waals surface area contributed by atoms with Crippen LogP contribution in [0.5, 0.6) is 0 Å². The summed E-state index contributed by atoms with van der Waals surface area (Å²) < 4.78 is 30.4. The van der Waals surface area contributed by atoms with Gasteiger partial charge in [-0.05, 0) is 23.3 Å². The number of carboxylic acid groups (broad SMARTS) is 1. The number of aliphatic carboxylic acids is 1. The van der Waals surface area contributed by atoms with Gasteiger partial charge in [0, 0.05) is 12.1 Å². The molecule has 3 N–H and O–H groups in total. The summed E-state index contributed by atoms with van der Waals surface area (Å²) in [6, 6.07) is 14.7. The minimum absolute atomic E-state index is 0.322. The van der Waals surface area contributed by atoms with Crippen molar-refractivity contribution in [2.45, 2.75) is 18.2 Å². The summed E-state index contributed by atoms with van der Waals surface area (Å²) in [4.78, 5) is 11.4. The Morgan fingerprint density at radius 3 is 2.13 bits per heavy atom. The molecule has 7 heteroatoms. The third-order valence-corrected chi connectivity index (χ3v) is 3.92. The first-order valence-corrected chi connectivity index (χ1v) is 8.52. The van der Waals surface area contributed by atoms with Crippen LogP contribution < -0.4 is 5.32 Å². The number of carboxylic acids is 1. The largest absolute Gasteiger partial charge is 0.480 e. The molecule has 0 spiro atoms. The molecule has 0 aliphatic rings. The van der Waals surface area contributed by atoms with Crippen molar-refractivity contribution < 1.29 is 22.9 Å². The third-order valence-electron chi connectivity index (χ3n) is 3.22. The van der Waals surface area contributed by atoms with Crippen molar-refractivity contribution in [1.82, 2.24) is 0 Å². The van der Waals surface area contributed by atoms with Gasteiger partial charge < -0.3 is 10.4 Å². The molecule has 2 aromatic carbocycles. The van der Waals surface area contributed by atoms with Gasteiger partial charge in [0.2, 0.25) is 0 Å². The molecule has 0 fully saturated rings. The lowest BCUT2D eigenvalue weighted by Crippen LogP contribution is -2.31. The first-order valence-electron chi connectivity index (χ1n) is 6.91. The summed E-state index contributed by atoms with van der Waals surface area (Å²) in [5.74, 6) is -1.45. The van der Waals surface area contributed by atoms with E-state index < -0.39 is 27.9 Å².